The SMILES string of the molecule is O=C(CN1c2ccccc2Cn2c1nc(-c1ccncc1)cc2=O)c1cc(F)cc(C(F)(F)F)c1. The zero-order chi connectivity index (χ0) is 24.7. The lowest BCUT2D eigenvalue weighted by Gasteiger charge is -2.32. The number of carbonyl (C=O) groups is 1. The molecule has 0 fully saturated rings. The number of halogens is 4. The summed E-state index contributed by atoms with van der Waals surface area (Å²) in [5, 5.41) is 0. The van der Waals surface area contributed by atoms with Crippen LogP contribution in [0.4, 0.5) is 29.2 Å². The van der Waals surface area contributed by atoms with E-state index in [4.69, 9.17) is 0 Å². The summed E-state index contributed by atoms with van der Waals surface area (Å²) in [6.07, 6.45) is -1.71. The Labute approximate surface area is 196 Å². The standard InChI is InChI=1S/C25H16F4N4O2/c26-19-10-17(9-18(11-19)25(27,28)29)22(34)14-32-21-4-2-1-3-16(21)13-33-23(35)12-20(31-24(32)33)15-5-7-30-8-6-15/h1-12H,13-14H2. The monoisotopic (exact) mass is 480 g/mol. The maximum absolute atomic E-state index is 13.9. The maximum atomic E-state index is 13.9. The van der Waals surface area contributed by atoms with Crippen LogP contribution in [0.25, 0.3) is 11.3 Å². The topological polar surface area (TPSA) is 68.1 Å². The van der Waals surface area contributed by atoms with Crippen molar-refractivity contribution in [3.63, 3.8) is 0 Å². The summed E-state index contributed by atoms with van der Waals surface area (Å²) in [6, 6.07) is 13.5. The summed E-state index contributed by atoms with van der Waals surface area (Å²) >= 11 is 0. The van der Waals surface area contributed by atoms with Crippen LogP contribution >= 0.6 is 0 Å². The molecule has 10 heteroatoms. The summed E-state index contributed by atoms with van der Waals surface area (Å²) in [7, 11) is 0. The van der Waals surface area contributed by atoms with Gasteiger partial charge in [0, 0.05) is 35.3 Å². The largest absolute Gasteiger partial charge is 0.416 e. The fraction of sp³-hybridized carbons (Fsp3) is 0.120. The zero-order valence-electron chi connectivity index (χ0n) is 18.0. The molecule has 6 nitrogen and oxygen atoms in total. The second-order valence-corrected chi connectivity index (χ2v) is 7.97. The van der Waals surface area contributed by atoms with Crippen LogP contribution in [-0.2, 0) is 12.7 Å². The molecular formula is C25H16F4N4O2. The van der Waals surface area contributed by atoms with Gasteiger partial charge in [0.1, 0.15) is 5.82 Å². The number of hydrogen-bond acceptors (Lipinski definition) is 5. The number of nitrogens with zero attached hydrogens (tertiary/aromatic N) is 4. The molecule has 0 atom stereocenters. The third-order valence-electron chi connectivity index (χ3n) is 5.67. The Morgan fingerprint density at radius 2 is 1.74 bits per heavy atom. The number of para-hydroxylation sites is 1. The fourth-order valence-corrected chi connectivity index (χ4v) is 4.01. The van der Waals surface area contributed by atoms with Crippen LogP contribution in [0, 0.1) is 5.82 Å². The van der Waals surface area contributed by atoms with Gasteiger partial charge in [0.2, 0.25) is 5.95 Å². The van der Waals surface area contributed by atoms with Gasteiger partial charge in [-0.25, -0.2) is 9.37 Å². The van der Waals surface area contributed by atoms with E-state index in [1.807, 2.05) is 0 Å². The van der Waals surface area contributed by atoms with Crippen molar-refractivity contribution in [1.29, 1.82) is 0 Å². The molecule has 0 spiro atoms. The summed E-state index contributed by atoms with van der Waals surface area (Å²) in [6.45, 7) is -0.249. The zero-order valence-corrected chi connectivity index (χ0v) is 18.0. The Hall–Kier alpha value is -4.34. The van der Waals surface area contributed by atoms with E-state index >= 15 is 0 Å². The number of carbonyl (C=O) groups excluding carboxylic acids is 1. The molecule has 3 heterocycles. The Morgan fingerprint density at radius 3 is 2.49 bits per heavy atom. The van der Waals surface area contributed by atoms with Gasteiger partial charge < -0.3 is 4.90 Å². The Balaban J connectivity index is 1.61. The summed E-state index contributed by atoms with van der Waals surface area (Å²) in [5.74, 6) is -1.78. The third-order valence-corrected chi connectivity index (χ3v) is 5.67. The van der Waals surface area contributed by atoms with Gasteiger partial charge in [0.25, 0.3) is 5.56 Å². The summed E-state index contributed by atoms with van der Waals surface area (Å²) in [5.41, 5.74) is 0.236. The van der Waals surface area contributed by atoms with Crippen LogP contribution in [-0.4, -0.2) is 26.9 Å². The number of hydrogen-bond donors (Lipinski definition) is 0. The number of alkyl halides is 3. The number of benzene rings is 2. The van der Waals surface area contributed by atoms with Gasteiger partial charge in [-0.3, -0.25) is 19.1 Å². The van der Waals surface area contributed by atoms with Crippen LogP contribution in [0.1, 0.15) is 21.5 Å². The Bertz CT molecular complexity index is 1500. The molecule has 0 aliphatic carbocycles. The molecule has 0 unspecified atom stereocenters. The van der Waals surface area contributed by atoms with E-state index in [-0.39, 0.29) is 18.1 Å². The minimum atomic E-state index is -4.81. The lowest BCUT2D eigenvalue weighted by molar-refractivity contribution is -0.137. The van der Waals surface area contributed by atoms with Crippen molar-refractivity contribution in [1.82, 2.24) is 14.5 Å². The molecule has 0 bridgehead atoms. The van der Waals surface area contributed by atoms with Gasteiger partial charge in [-0.2, -0.15) is 13.2 Å². The van der Waals surface area contributed by atoms with Crippen molar-refractivity contribution in [3.05, 3.63) is 106 Å². The van der Waals surface area contributed by atoms with Crippen molar-refractivity contribution >= 4 is 17.4 Å². The molecule has 2 aromatic heterocycles. The average molecular weight is 480 g/mol. The van der Waals surface area contributed by atoms with Gasteiger partial charge in [-0.1, -0.05) is 18.2 Å². The van der Waals surface area contributed by atoms with Gasteiger partial charge in [0.05, 0.1) is 24.3 Å². The minimum absolute atomic E-state index is 0.156. The van der Waals surface area contributed by atoms with E-state index < -0.39 is 35.4 Å². The van der Waals surface area contributed by atoms with E-state index in [0.717, 1.165) is 11.6 Å². The second kappa shape index (κ2) is 8.46. The number of Topliss-reactive ketones (excluding diaryl/α,β-unsaturated/α-hetero) is 1. The molecule has 2 aromatic carbocycles. The van der Waals surface area contributed by atoms with Crippen LogP contribution in [0.2, 0.25) is 0 Å². The highest BCUT2D eigenvalue weighted by atomic mass is 19.4. The molecule has 1 aliphatic heterocycles. The van der Waals surface area contributed by atoms with E-state index in [2.05, 4.69) is 9.97 Å². The molecule has 176 valence electrons. The predicted molar refractivity (Wildman–Crippen MR) is 120 cm³/mol. The Kier molecular flexibility index (Phi) is 5.43. The van der Waals surface area contributed by atoms with Crippen molar-refractivity contribution in [3.8, 4) is 11.3 Å². The highest BCUT2D eigenvalue weighted by molar-refractivity contribution is 6.00. The molecule has 0 radical (unpaired) electrons. The summed E-state index contributed by atoms with van der Waals surface area (Å²) < 4.78 is 54.8. The molecule has 35 heavy (non-hydrogen) atoms. The second-order valence-electron chi connectivity index (χ2n) is 7.97. The number of ketones is 1. The highest BCUT2D eigenvalue weighted by Crippen LogP contribution is 2.34. The smallest absolute Gasteiger partial charge is 0.304 e. The van der Waals surface area contributed by atoms with Gasteiger partial charge in [0.15, 0.2) is 5.78 Å². The average Bonchev–Trinajstić information content (AvgIpc) is 2.84. The number of anilines is 2. The lowest BCUT2D eigenvalue weighted by atomic mass is 10.0. The van der Waals surface area contributed by atoms with Crippen LogP contribution < -0.4 is 10.5 Å². The first-order valence-electron chi connectivity index (χ1n) is 10.5. The van der Waals surface area contributed by atoms with Crippen LogP contribution in [0.3, 0.4) is 0 Å². The quantitative estimate of drug-likeness (QED) is 0.309. The van der Waals surface area contributed by atoms with Gasteiger partial charge in [-0.05, 0) is 42.0 Å². The first-order chi connectivity index (χ1) is 16.7. The number of rotatable bonds is 4. The first kappa shape index (κ1) is 22.5. The molecule has 5 rings (SSSR count). The van der Waals surface area contributed by atoms with Crippen molar-refractivity contribution in [2.75, 3.05) is 11.4 Å². The van der Waals surface area contributed by atoms with E-state index in [0.29, 0.717) is 29.1 Å². The first-order valence-corrected chi connectivity index (χ1v) is 10.5. The van der Waals surface area contributed by atoms with Crippen molar-refractivity contribution in [2.24, 2.45) is 0 Å². The minimum Gasteiger partial charge on any atom is -0.304 e. The van der Waals surface area contributed by atoms with E-state index in [1.54, 1.807) is 48.8 Å². The molecule has 0 amide bonds. The molecular weight excluding hydrogens is 464 g/mol. The number of pyridine rings is 1. The van der Waals surface area contributed by atoms with Crippen LogP contribution in [0.5, 0.6) is 0 Å². The summed E-state index contributed by atoms with van der Waals surface area (Å²) in [4.78, 5) is 36.1. The van der Waals surface area contributed by atoms with Gasteiger partial charge >= 0.3 is 6.18 Å². The highest BCUT2D eigenvalue weighted by Gasteiger charge is 2.33. The van der Waals surface area contributed by atoms with Gasteiger partial charge in [-0.15, -0.1) is 0 Å². The maximum Gasteiger partial charge on any atom is 0.416 e. The molecule has 0 N–H and O–H groups in total. The van der Waals surface area contributed by atoms with Crippen molar-refractivity contribution in [2.45, 2.75) is 12.7 Å². The number of aromatic nitrogens is 3. The van der Waals surface area contributed by atoms with Crippen molar-refractivity contribution < 1.29 is 22.4 Å². The molecule has 0 saturated carbocycles. The third kappa shape index (κ3) is 4.30. The molecule has 4 aromatic rings. The van der Waals surface area contributed by atoms with E-state index in [9.17, 15) is 27.2 Å². The molecule has 1 aliphatic rings. The lowest BCUT2D eigenvalue weighted by Crippen LogP contribution is -2.37. The van der Waals surface area contributed by atoms with Crippen LogP contribution in [0.15, 0.2) is 77.9 Å². The molecule has 0 saturated heterocycles. The Morgan fingerprint density at radius 1 is 1.00 bits per heavy atom. The fourth-order valence-electron chi connectivity index (χ4n) is 4.01. The number of fused-ring (bicyclic) bond motifs is 2. The van der Waals surface area contributed by atoms with E-state index in [1.165, 1.54) is 15.5 Å². The predicted octanol–water partition coefficient (Wildman–Crippen LogP) is 4.85. The normalized spacial score (nSPS) is 12.7.